The molecule has 2 saturated carbocycles. The molecule has 0 aromatic heterocycles. The van der Waals surface area contributed by atoms with Crippen molar-refractivity contribution < 1.29 is 9.59 Å². The maximum atomic E-state index is 12.6. The third-order valence-electron chi connectivity index (χ3n) is 7.37. The number of carbonyl (C=O) groups is 2. The van der Waals surface area contributed by atoms with Crippen LogP contribution in [0.15, 0.2) is 24.3 Å². The third-order valence-corrected chi connectivity index (χ3v) is 7.37. The van der Waals surface area contributed by atoms with Crippen LogP contribution in [0.2, 0.25) is 0 Å². The highest BCUT2D eigenvalue weighted by Gasteiger charge is 2.43. The fourth-order valence-corrected chi connectivity index (χ4v) is 5.39. The Kier molecular flexibility index (Phi) is 5.58. The van der Waals surface area contributed by atoms with Crippen LogP contribution in [0, 0.1) is 23.2 Å². The van der Waals surface area contributed by atoms with E-state index in [2.05, 4.69) is 33.7 Å². The first-order valence-corrected chi connectivity index (χ1v) is 11.7. The van der Waals surface area contributed by atoms with Gasteiger partial charge in [0.05, 0.1) is 12.1 Å². The van der Waals surface area contributed by atoms with Crippen LogP contribution in [0.25, 0.3) is 0 Å². The summed E-state index contributed by atoms with van der Waals surface area (Å²) in [7, 11) is 0. The number of nitriles is 1. The van der Waals surface area contributed by atoms with Crippen molar-refractivity contribution in [1.82, 2.24) is 15.5 Å². The Morgan fingerprint density at radius 1 is 1.10 bits per heavy atom. The molecule has 1 aromatic rings. The van der Waals surface area contributed by atoms with Crippen LogP contribution >= 0.6 is 0 Å². The number of fused-ring (bicyclic) bond motifs is 2. The van der Waals surface area contributed by atoms with Gasteiger partial charge in [-0.15, -0.1) is 0 Å². The lowest BCUT2D eigenvalue weighted by molar-refractivity contribution is -0.132. The Bertz CT molecular complexity index is 867. The first-order valence-electron chi connectivity index (χ1n) is 11.7. The minimum absolute atomic E-state index is 0.0333. The van der Waals surface area contributed by atoms with Gasteiger partial charge in [-0.1, -0.05) is 12.1 Å². The Balaban J connectivity index is 1.12. The summed E-state index contributed by atoms with van der Waals surface area (Å²) in [4.78, 5) is 29.2. The number of hydrogen-bond acceptors (Lipinski definition) is 5. The van der Waals surface area contributed by atoms with Gasteiger partial charge in [0.2, 0.25) is 11.8 Å². The fourth-order valence-electron chi connectivity index (χ4n) is 5.39. The van der Waals surface area contributed by atoms with Crippen molar-refractivity contribution in [2.45, 2.75) is 56.7 Å². The van der Waals surface area contributed by atoms with Gasteiger partial charge >= 0.3 is 0 Å². The van der Waals surface area contributed by atoms with Gasteiger partial charge in [0.15, 0.2) is 0 Å². The molecular formula is C24H31N5O2. The van der Waals surface area contributed by atoms with Gasteiger partial charge in [-0.25, -0.2) is 0 Å². The number of benzene rings is 1. The van der Waals surface area contributed by atoms with E-state index in [1.165, 1.54) is 0 Å². The molecule has 164 valence electrons. The van der Waals surface area contributed by atoms with Crippen LogP contribution in [0.4, 0.5) is 5.69 Å². The zero-order valence-corrected chi connectivity index (χ0v) is 17.9. The molecule has 0 unspecified atom stereocenters. The molecule has 4 atom stereocenters. The molecule has 2 amide bonds. The molecule has 31 heavy (non-hydrogen) atoms. The van der Waals surface area contributed by atoms with E-state index in [4.69, 9.17) is 0 Å². The molecule has 2 N–H and O–H groups in total. The van der Waals surface area contributed by atoms with Crippen LogP contribution in [-0.2, 0) is 16.0 Å². The van der Waals surface area contributed by atoms with Gasteiger partial charge in [0.1, 0.15) is 6.04 Å². The zero-order valence-electron chi connectivity index (χ0n) is 17.9. The highest BCUT2D eigenvalue weighted by molar-refractivity contribution is 5.83. The molecule has 5 rings (SSSR count). The van der Waals surface area contributed by atoms with Crippen molar-refractivity contribution in [3.05, 3.63) is 29.8 Å². The second kappa shape index (κ2) is 8.51. The topological polar surface area (TPSA) is 88.5 Å². The van der Waals surface area contributed by atoms with Gasteiger partial charge in [-0.05, 0) is 55.7 Å². The minimum Gasteiger partial charge on any atom is -0.368 e. The normalized spacial score (nSPS) is 28.3. The second-order valence-corrected chi connectivity index (χ2v) is 9.56. The van der Waals surface area contributed by atoms with E-state index in [9.17, 15) is 14.9 Å². The van der Waals surface area contributed by atoms with Crippen molar-refractivity contribution >= 4 is 17.5 Å². The van der Waals surface area contributed by atoms with Crippen LogP contribution in [0.5, 0.6) is 0 Å². The van der Waals surface area contributed by atoms with E-state index in [1.54, 1.807) is 0 Å². The lowest BCUT2D eigenvalue weighted by Gasteiger charge is -2.36. The highest BCUT2D eigenvalue weighted by atomic mass is 16.2. The number of nitrogens with zero attached hydrogens (tertiary/aromatic N) is 3. The SMILES string of the molecule is N#C[C@H](Cc1ccc(N2CCN(C(=O)C3CC3)CC2)cc1)NC(=O)[C@H]1N[C@H]2CC[C@H]1C2. The number of rotatable bonds is 6. The Morgan fingerprint density at radius 2 is 1.84 bits per heavy atom. The van der Waals surface area contributed by atoms with Gasteiger partial charge in [-0.3, -0.25) is 9.59 Å². The average Bonchev–Trinajstić information content (AvgIpc) is 3.44. The van der Waals surface area contributed by atoms with Crippen LogP contribution in [0.3, 0.4) is 0 Å². The molecule has 7 nitrogen and oxygen atoms in total. The molecule has 2 aliphatic heterocycles. The molecule has 2 bridgehead atoms. The van der Waals surface area contributed by atoms with Crippen molar-refractivity contribution in [2.24, 2.45) is 11.8 Å². The zero-order chi connectivity index (χ0) is 21.4. The number of piperazine rings is 1. The molecule has 0 radical (unpaired) electrons. The van der Waals surface area contributed by atoms with Crippen molar-refractivity contribution in [3.8, 4) is 6.07 Å². The lowest BCUT2D eigenvalue weighted by Crippen LogP contribution is -2.50. The van der Waals surface area contributed by atoms with Crippen molar-refractivity contribution in [3.63, 3.8) is 0 Å². The quantitative estimate of drug-likeness (QED) is 0.726. The Hall–Kier alpha value is -2.59. The smallest absolute Gasteiger partial charge is 0.238 e. The Morgan fingerprint density at radius 3 is 2.42 bits per heavy atom. The molecule has 4 fully saturated rings. The largest absolute Gasteiger partial charge is 0.368 e. The van der Waals surface area contributed by atoms with Crippen LogP contribution < -0.4 is 15.5 Å². The molecule has 4 aliphatic rings. The number of piperidine rings is 1. The monoisotopic (exact) mass is 421 g/mol. The first kappa shape index (κ1) is 20.3. The first-order chi connectivity index (χ1) is 15.1. The van der Waals surface area contributed by atoms with Gasteiger partial charge < -0.3 is 20.4 Å². The van der Waals surface area contributed by atoms with Gasteiger partial charge in [-0.2, -0.15) is 5.26 Å². The van der Waals surface area contributed by atoms with E-state index in [-0.39, 0.29) is 11.9 Å². The summed E-state index contributed by atoms with van der Waals surface area (Å²) in [5, 5.41) is 15.9. The predicted molar refractivity (Wildman–Crippen MR) is 117 cm³/mol. The molecule has 2 aliphatic carbocycles. The van der Waals surface area contributed by atoms with E-state index in [0.717, 1.165) is 69.5 Å². The summed E-state index contributed by atoms with van der Waals surface area (Å²) >= 11 is 0. The van der Waals surface area contributed by atoms with E-state index < -0.39 is 6.04 Å². The van der Waals surface area contributed by atoms with Crippen molar-refractivity contribution in [1.29, 1.82) is 5.26 Å². The number of amides is 2. The van der Waals surface area contributed by atoms with Crippen molar-refractivity contribution in [2.75, 3.05) is 31.1 Å². The standard InChI is InChI=1S/C24H31N5O2/c25-15-20(27-23(30)22-18-5-6-19(14-18)26-22)13-16-1-7-21(8-2-16)28-9-11-29(12-10-28)24(31)17-3-4-17/h1-2,7-8,17-20,22,26H,3-6,9-14H2,(H,27,30)/t18-,19-,20-,22-/m0/s1. The average molecular weight is 422 g/mol. The highest BCUT2D eigenvalue weighted by Crippen LogP contribution is 2.35. The lowest BCUT2D eigenvalue weighted by atomic mass is 9.98. The molecule has 1 aromatic carbocycles. The summed E-state index contributed by atoms with van der Waals surface area (Å²) in [6.07, 6.45) is 5.98. The van der Waals surface area contributed by atoms with Gasteiger partial charge in [0.25, 0.3) is 0 Å². The molecule has 0 spiro atoms. The van der Waals surface area contributed by atoms with Crippen LogP contribution in [0.1, 0.15) is 37.7 Å². The van der Waals surface area contributed by atoms with E-state index in [0.29, 0.717) is 30.2 Å². The van der Waals surface area contributed by atoms with E-state index in [1.807, 2.05) is 17.0 Å². The second-order valence-electron chi connectivity index (χ2n) is 9.56. The molecule has 2 saturated heterocycles. The molecule has 2 heterocycles. The summed E-state index contributed by atoms with van der Waals surface area (Å²) in [5.41, 5.74) is 2.19. The maximum absolute atomic E-state index is 12.6. The molecule has 7 heteroatoms. The molecular weight excluding hydrogens is 390 g/mol. The third kappa shape index (κ3) is 4.40. The van der Waals surface area contributed by atoms with Gasteiger partial charge in [0, 0.05) is 50.2 Å². The fraction of sp³-hybridized carbons (Fsp3) is 0.625. The summed E-state index contributed by atoms with van der Waals surface area (Å²) in [6, 6.07) is 10.3. The number of anilines is 1. The summed E-state index contributed by atoms with van der Waals surface area (Å²) in [6.45, 7) is 3.28. The minimum atomic E-state index is -0.517. The number of hydrogen-bond donors (Lipinski definition) is 2. The summed E-state index contributed by atoms with van der Waals surface area (Å²) < 4.78 is 0. The predicted octanol–water partition coefficient (Wildman–Crippen LogP) is 1.44. The number of carbonyl (C=O) groups excluding carboxylic acids is 2. The van der Waals surface area contributed by atoms with E-state index >= 15 is 0 Å². The maximum Gasteiger partial charge on any atom is 0.238 e. The summed E-state index contributed by atoms with van der Waals surface area (Å²) in [5.74, 6) is 1.01. The van der Waals surface area contributed by atoms with Crippen LogP contribution in [-0.4, -0.2) is 61.0 Å². The Labute approximate surface area is 183 Å². The number of nitrogens with one attached hydrogen (secondary N) is 2.